The highest BCUT2D eigenvalue weighted by Gasteiger charge is 2.15. The number of hydrogen-bond acceptors (Lipinski definition) is 4. The maximum Gasteiger partial charge on any atom is 0.161 e. The summed E-state index contributed by atoms with van der Waals surface area (Å²) in [5.41, 5.74) is 5.07. The normalized spacial score (nSPS) is 12.4. The number of rotatable bonds is 4. The molecule has 1 aliphatic carbocycles. The minimum atomic E-state index is -0.0491. The van der Waals surface area contributed by atoms with Gasteiger partial charge in [-0.2, -0.15) is 0 Å². The Morgan fingerprint density at radius 3 is 2.55 bits per heavy atom. The minimum absolute atomic E-state index is 0. The third kappa shape index (κ3) is 3.31. The molecule has 0 saturated heterocycles. The van der Waals surface area contributed by atoms with Crippen molar-refractivity contribution in [3.8, 4) is 11.5 Å². The van der Waals surface area contributed by atoms with E-state index in [4.69, 9.17) is 20.1 Å². The lowest BCUT2D eigenvalue weighted by Crippen LogP contribution is -2.14. The third-order valence-electron chi connectivity index (χ3n) is 2.97. The zero-order valence-corrected chi connectivity index (χ0v) is 12.1. The van der Waals surface area contributed by atoms with Crippen LogP contribution in [0.3, 0.4) is 0 Å². The molecule has 0 heterocycles. The van der Waals surface area contributed by atoms with Crippen LogP contribution < -0.4 is 15.0 Å². The van der Waals surface area contributed by atoms with Gasteiger partial charge in [-0.3, -0.25) is 16.1 Å². The lowest BCUT2D eigenvalue weighted by atomic mass is 10.1. The van der Waals surface area contributed by atoms with E-state index in [0.29, 0.717) is 11.5 Å². The molecule has 5 nitrogen and oxygen atoms in total. The fourth-order valence-electron chi connectivity index (χ4n) is 2.03. The number of benzene rings is 1. The van der Waals surface area contributed by atoms with Crippen LogP contribution in [-0.2, 0) is 6.42 Å². The highest BCUT2D eigenvalue weighted by molar-refractivity contribution is 5.90. The van der Waals surface area contributed by atoms with E-state index >= 15 is 0 Å². The van der Waals surface area contributed by atoms with Gasteiger partial charge in [0.1, 0.15) is 5.84 Å². The predicted octanol–water partition coefficient (Wildman–Crippen LogP) is 2.58. The van der Waals surface area contributed by atoms with Crippen molar-refractivity contribution < 1.29 is 14.7 Å². The molecule has 0 aliphatic heterocycles. The first-order valence-corrected chi connectivity index (χ1v) is 5.80. The van der Waals surface area contributed by atoms with Gasteiger partial charge in [0.05, 0.1) is 14.2 Å². The highest BCUT2D eigenvalue weighted by Crippen LogP contribution is 2.36. The van der Waals surface area contributed by atoms with E-state index < -0.39 is 0 Å². The lowest BCUT2D eigenvalue weighted by molar-refractivity contribution is 0.234. The number of hydroxylamine groups is 1. The van der Waals surface area contributed by atoms with Crippen molar-refractivity contribution in [2.45, 2.75) is 6.42 Å². The number of hydrogen-bond donors (Lipinski definition) is 3. The molecular formula is C14H17ClN2O3. The summed E-state index contributed by atoms with van der Waals surface area (Å²) >= 11 is 0. The Morgan fingerprint density at radius 2 is 1.95 bits per heavy atom. The molecule has 0 amide bonds. The summed E-state index contributed by atoms with van der Waals surface area (Å²) in [5.74, 6) is 1.36. The second kappa shape index (κ2) is 6.98. The van der Waals surface area contributed by atoms with E-state index in [2.05, 4.69) is 0 Å². The molecule has 3 N–H and O–H groups in total. The van der Waals surface area contributed by atoms with Gasteiger partial charge in [0, 0.05) is 0 Å². The van der Waals surface area contributed by atoms with Gasteiger partial charge in [-0.1, -0.05) is 12.2 Å². The van der Waals surface area contributed by atoms with E-state index in [9.17, 15) is 0 Å². The molecule has 0 fully saturated rings. The lowest BCUT2D eigenvalue weighted by Gasteiger charge is -2.09. The first-order chi connectivity index (χ1) is 9.17. The maximum atomic E-state index is 8.54. The van der Waals surface area contributed by atoms with Gasteiger partial charge in [-0.05, 0) is 41.3 Å². The van der Waals surface area contributed by atoms with Gasteiger partial charge in [0.15, 0.2) is 11.5 Å². The molecule has 0 saturated carbocycles. The molecule has 0 spiro atoms. The molecular weight excluding hydrogens is 280 g/mol. The van der Waals surface area contributed by atoms with Gasteiger partial charge >= 0.3 is 0 Å². The molecule has 20 heavy (non-hydrogen) atoms. The molecule has 108 valence electrons. The van der Waals surface area contributed by atoms with Crippen molar-refractivity contribution in [1.29, 1.82) is 5.41 Å². The molecule has 0 atom stereocenters. The second-order valence-corrected chi connectivity index (χ2v) is 4.16. The van der Waals surface area contributed by atoms with Crippen LogP contribution in [0.1, 0.15) is 11.1 Å². The maximum absolute atomic E-state index is 8.54. The quantitative estimate of drug-likeness (QED) is 0.453. The molecule has 0 radical (unpaired) electrons. The molecule has 2 rings (SSSR count). The van der Waals surface area contributed by atoms with Crippen LogP contribution in [0.5, 0.6) is 11.5 Å². The van der Waals surface area contributed by atoms with E-state index in [0.717, 1.165) is 23.1 Å². The van der Waals surface area contributed by atoms with E-state index in [1.807, 2.05) is 18.2 Å². The van der Waals surface area contributed by atoms with Crippen LogP contribution in [0.4, 0.5) is 0 Å². The fraction of sp³-hybridized carbons (Fsp3) is 0.214. The van der Waals surface area contributed by atoms with Crippen molar-refractivity contribution in [3.05, 3.63) is 41.0 Å². The summed E-state index contributed by atoms with van der Waals surface area (Å²) in [5, 5.41) is 15.8. The van der Waals surface area contributed by atoms with Crippen LogP contribution in [0.15, 0.2) is 29.9 Å². The molecule has 1 aromatic rings. The molecule has 0 unspecified atom stereocenters. The van der Waals surface area contributed by atoms with E-state index in [1.54, 1.807) is 25.8 Å². The van der Waals surface area contributed by atoms with Crippen LogP contribution in [-0.4, -0.2) is 25.3 Å². The number of amidine groups is 1. The topological polar surface area (TPSA) is 74.6 Å². The van der Waals surface area contributed by atoms with Crippen molar-refractivity contribution in [2.24, 2.45) is 0 Å². The number of ether oxygens (including phenoxy) is 2. The van der Waals surface area contributed by atoms with E-state index in [-0.39, 0.29) is 18.2 Å². The molecule has 6 heteroatoms. The Bertz CT molecular complexity index is 568. The van der Waals surface area contributed by atoms with Crippen molar-refractivity contribution in [1.82, 2.24) is 5.48 Å². The van der Waals surface area contributed by atoms with Crippen molar-refractivity contribution in [3.63, 3.8) is 0 Å². The predicted molar refractivity (Wildman–Crippen MR) is 80.3 cm³/mol. The summed E-state index contributed by atoms with van der Waals surface area (Å²) in [6.45, 7) is 0. The summed E-state index contributed by atoms with van der Waals surface area (Å²) in [4.78, 5) is 0. The molecule has 0 aromatic heterocycles. The summed E-state index contributed by atoms with van der Waals surface area (Å²) < 4.78 is 10.5. The number of methoxy groups -OCH3 is 2. The minimum Gasteiger partial charge on any atom is -0.493 e. The fourth-order valence-corrected chi connectivity index (χ4v) is 2.03. The summed E-state index contributed by atoms with van der Waals surface area (Å²) in [6.07, 6.45) is 6.10. The van der Waals surface area contributed by atoms with E-state index in [1.165, 1.54) is 6.08 Å². The Balaban J connectivity index is 0.00000200. The monoisotopic (exact) mass is 296 g/mol. The first kappa shape index (κ1) is 16.1. The largest absolute Gasteiger partial charge is 0.493 e. The Morgan fingerprint density at radius 1 is 1.30 bits per heavy atom. The summed E-state index contributed by atoms with van der Waals surface area (Å²) in [6, 6.07) is 3.89. The Hall–Kier alpha value is -1.98. The van der Waals surface area contributed by atoms with Gasteiger partial charge in [-0.15, -0.1) is 12.4 Å². The Labute approximate surface area is 123 Å². The summed E-state index contributed by atoms with van der Waals surface area (Å²) in [7, 11) is 3.22. The van der Waals surface area contributed by atoms with Crippen LogP contribution in [0, 0.1) is 5.41 Å². The SMILES string of the molecule is COc1cc2c(cc1OC)CC(/C=C/C(=N)NO)=C2.Cl. The standard InChI is InChI=1S/C14H16N2O3.ClH/c1-18-12-7-10-5-9(3-4-14(15)16-17)6-11(10)8-13(12)19-2;/h3-5,7-8,17H,6H2,1-2H3,(H2,15,16);1H/b4-3+;. The van der Waals surface area contributed by atoms with Gasteiger partial charge in [0.2, 0.25) is 0 Å². The van der Waals surface area contributed by atoms with Crippen molar-refractivity contribution in [2.75, 3.05) is 14.2 Å². The number of halogens is 1. The van der Waals surface area contributed by atoms with Gasteiger partial charge in [0.25, 0.3) is 0 Å². The Kier molecular flexibility index (Phi) is 5.61. The molecule has 1 aliphatic rings. The smallest absolute Gasteiger partial charge is 0.161 e. The number of fused-ring (bicyclic) bond motifs is 1. The average Bonchev–Trinajstić information content (AvgIpc) is 2.84. The second-order valence-electron chi connectivity index (χ2n) is 4.16. The van der Waals surface area contributed by atoms with Gasteiger partial charge in [-0.25, -0.2) is 0 Å². The number of allylic oxidation sites excluding steroid dienone is 2. The number of nitrogens with one attached hydrogen (secondary N) is 2. The van der Waals surface area contributed by atoms with Gasteiger partial charge < -0.3 is 9.47 Å². The molecule has 0 bridgehead atoms. The zero-order valence-electron chi connectivity index (χ0n) is 11.3. The first-order valence-electron chi connectivity index (χ1n) is 5.80. The average molecular weight is 297 g/mol. The zero-order chi connectivity index (χ0) is 13.8. The third-order valence-corrected chi connectivity index (χ3v) is 2.97. The molecule has 1 aromatic carbocycles. The van der Waals surface area contributed by atoms with Crippen LogP contribution in [0.2, 0.25) is 0 Å². The van der Waals surface area contributed by atoms with Crippen LogP contribution >= 0.6 is 12.4 Å². The highest BCUT2D eigenvalue weighted by atomic mass is 35.5. The van der Waals surface area contributed by atoms with Crippen molar-refractivity contribution >= 4 is 24.3 Å². The van der Waals surface area contributed by atoms with Crippen LogP contribution in [0.25, 0.3) is 6.08 Å².